The molecular weight excluding hydrogens is 244 g/mol. The second-order valence-corrected chi connectivity index (χ2v) is 4.70. The molecule has 0 amide bonds. The molecule has 2 nitrogen and oxygen atoms in total. The number of halogens is 1. The lowest BCUT2D eigenvalue weighted by Gasteiger charge is -2.25. The minimum absolute atomic E-state index is 0.679. The molecule has 2 aromatic rings. The highest BCUT2D eigenvalue weighted by atomic mass is 35.5. The van der Waals surface area contributed by atoms with Gasteiger partial charge in [0.25, 0.3) is 0 Å². The van der Waals surface area contributed by atoms with Gasteiger partial charge in [0.15, 0.2) is 0 Å². The fraction of sp³-hybridized carbons (Fsp3) is 0.200. The standard InChI is InChI=1S/C15H17ClN2/c1-3-18(13-6-4-5-11(2)9-13)15-8-7-12(17)10-14(15)16/h4-10H,3,17H2,1-2H3. The highest BCUT2D eigenvalue weighted by Gasteiger charge is 2.11. The van der Waals surface area contributed by atoms with Crippen LogP contribution < -0.4 is 10.6 Å². The SMILES string of the molecule is CCN(c1cccc(C)c1)c1ccc(N)cc1Cl. The summed E-state index contributed by atoms with van der Waals surface area (Å²) < 4.78 is 0. The predicted octanol–water partition coefficient (Wildman–Crippen LogP) is 4.39. The van der Waals surface area contributed by atoms with E-state index in [1.54, 1.807) is 6.07 Å². The smallest absolute Gasteiger partial charge is 0.0663 e. The van der Waals surface area contributed by atoms with E-state index >= 15 is 0 Å². The van der Waals surface area contributed by atoms with E-state index in [4.69, 9.17) is 17.3 Å². The third-order valence-corrected chi connectivity index (χ3v) is 3.19. The van der Waals surface area contributed by atoms with Gasteiger partial charge in [-0.15, -0.1) is 0 Å². The maximum Gasteiger partial charge on any atom is 0.0663 e. The number of nitrogens with zero attached hydrogens (tertiary/aromatic N) is 1. The van der Waals surface area contributed by atoms with Crippen LogP contribution in [0.4, 0.5) is 17.1 Å². The van der Waals surface area contributed by atoms with Gasteiger partial charge < -0.3 is 10.6 Å². The number of hydrogen-bond donors (Lipinski definition) is 1. The molecule has 0 radical (unpaired) electrons. The molecule has 94 valence electrons. The molecule has 2 aromatic carbocycles. The molecule has 18 heavy (non-hydrogen) atoms. The van der Waals surface area contributed by atoms with Gasteiger partial charge in [0.1, 0.15) is 0 Å². The topological polar surface area (TPSA) is 29.3 Å². The van der Waals surface area contributed by atoms with Crippen molar-refractivity contribution in [3.05, 3.63) is 53.1 Å². The molecule has 0 aliphatic rings. The van der Waals surface area contributed by atoms with Crippen molar-refractivity contribution in [3.63, 3.8) is 0 Å². The summed E-state index contributed by atoms with van der Waals surface area (Å²) in [5, 5.41) is 0.679. The van der Waals surface area contributed by atoms with Gasteiger partial charge in [-0.05, 0) is 49.7 Å². The normalized spacial score (nSPS) is 10.4. The van der Waals surface area contributed by atoms with Gasteiger partial charge in [0.2, 0.25) is 0 Å². The van der Waals surface area contributed by atoms with Gasteiger partial charge in [-0.25, -0.2) is 0 Å². The van der Waals surface area contributed by atoms with E-state index in [-0.39, 0.29) is 0 Å². The molecule has 0 fully saturated rings. The third-order valence-electron chi connectivity index (χ3n) is 2.89. The highest BCUT2D eigenvalue weighted by molar-refractivity contribution is 6.33. The monoisotopic (exact) mass is 260 g/mol. The van der Waals surface area contributed by atoms with E-state index in [9.17, 15) is 0 Å². The molecular formula is C15H17ClN2. The zero-order chi connectivity index (χ0) is 13.1. The summed E-state index contributed by atoms with van der Waals surface area (Å²) >= 11 is 6.27. The first-order valence-electron chi connectivity index (χ1n) is 6.01. The lowest BCUT2D eigenvalue weighted by molar-refractivity contribution is 1.02. The minimum atomic E-state index is 0.679. The van der Waals surface area contributed by atoms with Crippen molar-refractivity contribution in [2.75, 3.05) is 17.2 Å². The van der Waals surface area contributed by atoms with E-state index in [1.807, 2.05) is 12.1 Å². The number of nitrogens with two attached hydrogens (primary N) is 1. The van der Waals surface area contributed by atoms with Crippen LogP contribution in [0.2, 0.25) is 5.02 Å². The van der Waals surface area contributed by atoms with Crippen LogP contribution in [0, 0.1) is 6.92 Å². The van der Waals surface area contributed by atoms with Crippen molar-refractivity contribution in [2.45, 2.75) is 13.8 Å². The van der Waals surface area contributed by atoms with Gasteiger partial charge in [0.05, 0.1) is 10.7 Å². The quantitative estimate of drug-likeness (QED) is 0.830. The second kappa shape index (κ2) is 5.32. The van der Waals surface area contributed by atoms with Crippen LogP contribution in [-0.4, -0.2) is 6.54 Å². The summed E-state index contributed by atoms with van der Waals surface area (Å²) in [5.74, 6) is 0. The Hall–Kier alpha value is -1.67. The van der Waals surface area contributed by atoms with Crippen molar-refractivity contribution in [3.8, 4) is 0 Å². The molecule has 2 rings (SSSR count). The van der Waals surface area contributed by atoms with Crippen LogP contribution in [0.1, 0.15) is 12.5 Å². The van der Waals surface area contributed by atoms with E-state index in [2.05, 4.69) is 43.0 Å². The number of hydrogen-bond acceptors (Lipinski definition) is 2. The summed E-state index contributed by atoms with van der Waals surface area (Å²) in [5.41, 5.74) is 9.77. The Morgan fingerprint density at radius 3 is 2.56 bits per heavy atom. The van der Waals surface area contributed by atoms with Gasteiger partial charge in [-0.2, -0.15) is 0 Å². The molecule has 0 aromatic heterocycles. The average molecular weight is 261 g/mol. The molecule has 0 aliphatic carbocycles. The van der Waals surface area contributed by atoms with Crippen molar-refractivity contribution in [2.24, 2.45) is 0 Å². The van der Waals surface area contributed by atoms with Gasteiger partial charge >= 0.3 is 0 Å². The highest BCUT2D eigenvalue weighted by Crippen LogP contribution is 2.33. The first-order valence-corrected chi connectivity index (χ1v) is 6.39. The minimum Gasteiger partial charge on any atom is -0.399 e. The molecule has 0 unspecified atom stereocenters. The second-order valence-electron chi connectivity index (χ2n) is 4.29. The van der Waals surface area contributed by atoms with Crippen molar-refractivity contribution >= 4 is 28.7 Å². The summed E-state index contributed by atoms with van der Waals surface area (Å²) in [6.45, 7) is 5.05. The van der Waals surface area contributed by atoms with Crippen LogP contribution in [0.15, 0.2) is 42.5 Å². The first kappa shape index (κ1) is 12.8. The molecule has 0 saturated carbocycles. The van der Waals surface area contributed by atoms with E-state index < -0.39 is 0 Å². The van der Waals surface area contributed by atoms with Crippen LogP contribution in [0.5, 0.6) is 0 Å². The van der Waals surface area contributed by atoms with Crippen molar-refractivity contribution in [1.82, 2.24) is 0 Å². The van der Waals surface area contributed by atoms with Gasteiger partial charge in [0, 0.05) is 17.9 Å². The molecule has 0 atom stereocenters. The van der Waals surface area contributed by atoms with Gasteiger partial charge in [-0.1, -0.05) is 23.7 Å². The Morgan fingerprint density at radius 1 is 1.17 bits per heavy atom. The van der Waals surface area contributed by atoms with E-state index in [1.165, 1.54) is 5.56 Å². The molecule has 3 heteroatoms. The molecule has 0 bridgehead atoms. The Kier molecular flexibility index (Phi) is 3.78. The summed E-state index contributed by atoms with van der Waals surface area (Å²) in [6.07, 6.45) is 0. The maximum absolute atomic E-state index is 6.27. The molecule has 2 N–H and O–H groups in total. The lowest BCUT2D eigenvalue weighted by Crippen LogP contribution is -2.16. The maximum atomic E-state index is 6.27. The van der Waals surface area contributed by atoms with Crippen LogP contribution >= 0.6 is 11.6 Å². The molecule has 0 spiro atoms. The Labute approximate surface area is 113 Å². The summed E-state index contributed by atoms with van der Waals surface area (Å²) in [6, 6.07) is 14.0. The van der Waals surface area contributed by atoms with E-state index in [0.29, 0.717) is 10.7 Å². The van der Waals surface area contributed by atoms with E-state index in [0.717, 1.165) is 17.9 Å². The molecule has 0 aliphatic heterocycles. The van der Waals surface area contributed by atoms with Crippen LogP contribution in [-0.2, 0) is 0 Å². The number of rotatable bonds is 3. The van der Waals surface area contributed by atoms with Crippen molar-refractivity contribution < 1.29 is 0 Å². The average Bonchev–Trinajstić information content (AvgIpc) is 2.33. The largest absolute Gasteiger partial charge is 0.399 e. The summed E-state index contributed by atoms with van der Waals surface area (Å²) in [4.78, 5) is 2.18. The van der Waals surface area contributed by atoms with Gasteiger partial charge in [-0.3, -0.25) is 0 Å². The lowest BCUT2D eigenvalue weighted by atomic mass is 10.2. The zero-order valence-corrected chi connectivity index (χ0v) is 11.4. The number of anilines is 3. The zero-order valence-electron chi connectivity index (χ0n) is 10.7. The number of aryl methyl sites for hydroxylation is 1. The summed E-state index contributed by atoms with van der Waals surface area (Å²) in [7, 11) is 0. The van der Waals surface area contributed by atoms with Crippen molar-refractivity contribution in [1.29, 1.82) is 0 Å². The molecule has 0 heterocycles. The third kappa shape index (κ3) is 2.59. The number of benzene rings is 2. The Balaban J connectivity index is 2.45. The molecule has 0 saturated heterocycles. The number of nitrogen functional groups attached to an aromatic ring is 1. The van der Waals surface area contributed by atoms with Crippen LogP contribution in [0.3, 0.4) is 0 Å². The Morgan fingerprint density at radius 2 is 1.94 bits per heavy atom. The van der Waals surface area contributed by atoms with Crippen LogP contribution in [0.25, 0.3) is 0 Å². The Bertz CT molecular complexity index is 552. The first-order chi connectivity index (χ1) is 8.61. The predicted molar refractivity (Wildman–Crippen MR) is 79.7 cm³/mol. The fourth-order valence-corrected chi connectivity index (χ4v) is 2.32. The fourth-order valence-electron chi connectivity index (χ4n) is 2.03.